The van der Waals surface area contributed by atoms with E-state index >= 15 is 0 Å². The highest BCUT2D eigenvalue weighted by Crippen LogP contribution is 2.44. The molecule has 1 aromatic heterocycles. The van der Waals surface area contributed by atoms with Gasteiger partial charge in [0.1, 0.15) is 11.0 Å². The number of benzene rings is 4. The molecule has 1 heterocycles. The minimum Gasteiger partial charge on any atom is -0.456 e. The maximum Gasteiger partial charge on any atom is 0.135 e. The first kappa shape index (κ1) is 41.9. The molecule has 0 saturated heterocycles. The van der Waals surface area contributed by atoms with Crippen molar-refractivity contribution in [2.24, 2.45) is 5.41 Å². The van der Waals surface area contributed by atoms with Gasteiger partial charge in [0.25, 0.3) is 0 Å². The highest BCUT2D eigenvalue weighted by atomic mass is 16.3. The standard InChI is InChI=1S/C25H36.C14H14O.C14H14/c1-17(15-23(3,4)5)11-12-19-16-25(9,10)21-14-20(24(6,7)8)13-18(2)22(19)21;1-4-5-6-13-11(3)12-8-7-10(2)9-14(12)15-13;1-2-12-8-6-7-11-14(12)13-9-4-3-5-10-13/h11-14,16H,1,15H2,2-10H3;4-9H,3H2,1-2H3;3-11H,2H2,1H3/b12-11-;5-4-,13-6+;. The van der Waals surface area contributed by atoms with Crippen LogP contribution in [-0.2, 0) is 17.3 Å². The number of allylic oxidation sites excluding steroid dienone is 7. The lowest BCUT2D eigenvalue weighted by Crippen LogP contribution is -2.17. The number of rotatable bonds is 6. The van der Waals surface area contributed by atoms with Crippen molar-refractivity contribution < 1.29 is 4.42 Å². The molecule has 282 valence electrons. The van der Waals surface area contributed by atoms with E-state index in [0.717, 1.165) is 34.4 Å². The van der Waals surface area contributed by atoms with Gasteiger partial charge in [-0.05, 0) is 107 Å². The van der Waals surface area contributed by atoms with Gasteiger partial charge in [-0.25, -0.2) is 0 Å². The molecule has 1 heteroatoms. The summed E-state index contributed by atoms with van der Waals surface area (Å²) in [7, 11) is 0. The third-order valence-corrected chi connectivity index (χ3v) is 9.86. The van der Waals surface area contributed by atoms with Crippen LogP contribution in [0.15, 0.2) is 132 Å². The van der Waals surface area contributed by atoms with Gasteiger partial charge in [-0.2, -0.15) is 0 Å². The average Bonchev–Trinajstić information content (AvgIpc) is 3.56. The lowest BCUT2D eigenvalue weighted by Gasteiger charge is -2.25. The molecular weight excluding hydrogens is 653 g/mol. The fourth-order valence-corrected chi connectivity index (χ4v) is 7.05. The summed E-state index contributed by atoms with van der Waals surface area (Å²) in [4.78, 5) is 0. The van der Waals surface area contributed by atoms with Crippen molar-refractivity contribution in [3.05, 3.63) is 171 Å². The molecule has 0 bridgehead atoms. The quantitative estimate of drug-likeness (QED) is 0.159. The van der Waals surface area contributed by atoms with E-state index in [1.165, 1.54) is 55.7 Å². The second-order valence-corrected chi connectivity index (χ2v) is 17.5. The van der Waals surface area contributed by atoms with Crippen molar-refractivity contribution >= 4 is 29.2 Å². The van der Waals surface area contributed by atoms with Gasteiger partial charge in [0.15, 0.2) is 0 Å². The Morgan fingerprint density at radius 2 is 1.52 bits per heavy atom. The Morgan fingerprint density at radius 1 is 0.852 bits per heavy atom. The molecule has 5 aromatic rings. The summed E-state index contributed by atoms with van der Waals surface area (Å²) in [5, 5.41) is 2.06. The number of fused-ring (bicyclic) bond motifs is 2. The molecule has 0 unspecified atom stereocenters. The maximum atomic E-state index is 5.71. The van der Waals surface area contributed by atoms with Crippen molar-refractivity contribution in [2.45, 2.75) is 107 Å². The van der Waals surface area contributed by atoms with Gasteiger partial charge in [0.05, 0.1) is 0 Å². The lowest BCUT2D eigenvalue weighted by molar-refractivity contribution is 0.414. The van der Waals surface area contributed by atoms with E-state index in [9.17, 15) is 0 Å². The minimum absolute atomic E-state index is 0.0758. The van der Waals surface area contributed by atoms with E-state index in [1.807, 2.05) is 31.2 Å². The zero-order valence-electron chi connectivity index (χ0n) is 35.3. The molecule has 4 aromatic carbocycles. The van der Waals surface area contributed by atoms with Crippen LogP contribution < -0.4 is 10.6 Å². The molecule has 0 atom stereocenters. The van der Waals surface area contributed by atoms with Crippen LogP contribution in [-0.4, -0.2) is 0 Å². The van der Waals surface area contributed by atoms with Crippen LogP contribution >= 0.6 is 0 Å². The predicted octanol–water partition coefficient (Wildman–Crippen LogP) is 13.9. The van der Waals surface area contributed by atoms with Gasteiger partial charge in [-0.1, -0.05) is 190 Å². The van der Waals surface area contributed by atoms with Gasteiger partial charge < -0.3 is 4.42 Å². The second kappa shape index (κ2) is 17.5. The minimum atomic E-state index is 0.0758. The van der Waals surface area contributed by atoms with Crippen molar-refractivity contribution in [1.29, 1.82) is 0 Å². The van der Waals surface area contributed by atoms with Crippen LogP contribution in [0.5, 0.6) is 0 Å². The summed E-state index contributed by atoms with van der Waals surface area (Å²) in [5.74, 6) is 0. The molecule has 0 N–H and O–H groups in total. The molecule has 0 amide bonds. The zero-order chi connectivity index (χ0) is 39.8. The summed E-state index contributed by atoms with van der Waals surface area (Å²) in [5.41, 5.74) is 15.8. The van der Waals surface area contributed by atoms with Crippen LogP contribution in [0.1, 0.15) is 109 Å². The Labute approximate surface area is 327 Å². The van der Waals surface area contributed by atoms with Crippen molar-refractivity contribution in [3.63, 3.8) is 0 Å². The number of aryl methyl sites for hydroxylation is 3. The van der Waals surface area contributed by atoms with Crippen LogP contribution in [0.2, 0.25) is 0 Å². The largest absolute Gasteiger partial charge is 0.456 e. The Morgan fingerprint density at radius 3 is 2.15 bits per heavy atom. The molecule has 0 aliphatic heterocycles. The van der Waals surface area contributed by atoms with Crippen molar-refractivity contribution in [2.75, 3.05) is 0 Å². The second-order valence-electron chi connectivity index (χ2n) is 17.5. The van der Waals surface area contributed by atoms with E-state index in [2.05, 4.69) is 186 Å². The van der Waals surface area contributed by atoms with Crippen LogP contribution in [0, 0.1) is 19.3 Å². The normalized spacial score (nSPS) is 14.1. The van der Waals surface area contributed by atoms with Crippen LogP contribution in [0.4, 0.5) is 0 Å². The van der Waals surface area contributed by atoms with Gasteiger partial charge in [0, 0.05) is 16.0 Å². The highest BCUT2D eigenvalue weighted by Gasteiger charge is 2.32. The summed E-state index contributed by atoms with van der Waals surface area (Å²) in [6, 6.07) is 30.1. The Kier molecular flexibility index (Phi) is 13.6. The van der Waals surface area contributed by atoms with Gasteiger partial charge in [0.2, 0.25) is 0 Å². The molecule has 1 aliphatic rings. The van der Waals surface area contributed by atoms with E-state index < -0.39 is 0 Å². The van der Waals surface area contributed by atoms with Crippen LogP contribution in [0.25, 0.3) is 40.3 Å². The van der Waals surface area contributed by atoms with Gasteiger partial charge in [-0.3, -0.25) is 0 Å². The fraction of sp³-hybridized carbons (Fsp3) is 0.321. The zero-order valence-corrected chi connectivity index (χ0v) is 35.3. The van der Waals surface area contributed by atoms with Gasteiger partial charge in [-0.15, -0.1) is 0 Å². The lowest BCUT2D eigenvalue weighted by atomic mass is 9.79. The van der Waals surface area contributed by atoms with Crippen LogP contribution in [0.3, 0.4) is 0 Å². The Bertz CT molecular complexity index is 2270. The number of furan rings is 1. The summed E-state index contributed by atoms with van der Waals surface area (Å²) in [6.45, 7) is 35.1. The SMILES string of the molecule is C=C(/C=C\C1=CC(C)(C)c2cc(C(C)(C)C)cc(C)c21)CC(C)(C)C.C=c1/c(=C\C=C/C)oc2cc(C)ccc12.CCc1ccccc1-c1ccccc1. The number of hydrogen-bond donors (Lipinski definition) is 0. The smallest absolute Gasteiger partial charge is 0.135 e. The third kappa shape index (κ3) is 10.8. The Hall–Kier alpha value is -4.88. The summed E-state index contributed by atoms with van der Waals surface area (Å²) >= 11 is 0. The van der Waals surface area contributed by atoms with E-state index in [1.54, 1.807) is 0 Å². The first-order valence-corrected chi connectivity index (χ1v) is 19.5. The summed E-state index contributed by atoms with van der Waals surface area (Å²) < 4.78 is 5.71. The highest BCUT2D eigenvalue weighted by molar-refractivity contribution is 5.85. The Balaban J connectivity index is 0.000000192. The van der Waals surface area contributed by atoms with E-state index in [-0.39, 0.29) is 16.2 Å². The average molecular weight is 717 g/mol. The molecule has 0 fully saturated rings. The molecule has 6 rings (SSSR count). The maximum absolute atomic E-state index is 5.71. The van der Waals surface area contributed by atoms with E-state index in [4.69, 9.17) is 4.42 Å². The predicted molar refractivity (Wildman–Crippen MR) is 239 cm³/mol. The number of hydrogen-bond acceptors (Lipinski definition) is 1. The van der Waals surface area contributed by atoms with Crippen molar-refractivity contribution in [1.82, 2.24) is 0 Å². The third-order valence-electron chi connectivity index (χ3n) is 9.86. The first-order valence-electron chi connectivity index (χ1n) is 19.5. The van der Waals surface area contributed by atoms with E-state index in [0.29, 0.717) is 0 Å². The van der Waals surface area contributed by atoms with Gasteiger partial charge >= 0.3 is 0 Å². The molecule has 1 nitrogen and oxygen atoms in total. The molecule has 0 spiro atoms. The van der Waals surface area contributed by atoms with Crippen molar-refractivity contribution in [3.8, 4) is 11.1 Å². The first-order chi connectivity index (χ1) is 25.3. The molecule has 0 saturated carbocycles. The molecule has 54 heavy (non-hydrogen) atoms. The molecule has 1 aliphatic carbocycles. The fourth-order valence-electron chi connectivity index (χ4n) is 7.05. The monoisotopic (exact) mass is 716 g/mol. The molecular formula is C53H64O. The topological polar surface area (TPSA) is 13.1 Å². The summed E-state index contributed by atoms with van der Waals surface area (Å²) in [6.07, 6.45) is 14.9. The molecule has 0 radical (unpaired) electrons.